The van der Waals surface area contributed by atoms with E-state index in [4.69, 9.17) is 18.5 Å². The molecular formula is C51H88O18P2. The van der Waals surface area contributed by atoms with Crippen LogP contribution in [0.15, 0.2) is 72.9 Å². The van der Waals surface area contributed by atoms with Crippen molar-refractivity contribution in [2.75, 3.05) is 13.2 Å². The number of ether oxygens (including phenoxy) is 2. The number of hydrogen-bond acceptors (Lipinski definition) is 15. The Kier molecular flexibility index (Phi) is 38.1. The molecule has 20 heteroatoms. The number of aliphatic hydroxyl groups excluding tert-OH is 6. The fraction of sp³-hybridized carbons (Fsp3) is 0.725. The van der Waals surface area contributed by atoms with Gasteiger partial charge in [-0.3, -0.25) is 23.2 Å². The summed E-state index contributed by atoms with van der Waals surface area (Å²) < 4.78 is 49.3. The predicted molar refractivity (Wildman–Crippen MR) is 271 cm³/mol. The van der Waals surface area contributed by atoms with Crippen LogP contribution in [0.3, 0.4) is 0 Å². The summed E-state index contributed by atoms with van der Waals surface area (Å²) >= 11 is 0. The molecule has 0 aliphatic heterocycles. The van der Waals surface area contributed by atoms with Gasteiger partial charge < -0.3 is 54.8 Å². The average molecular weight is 1050 g/mol. The smallest absolute Gasteiger partial charge is 0.462 e. The van der Waals surface area contributed by atoms with Crippen LogP contribution in [0.25, 0.3) is 0 Å². The highest BCUT2D eigenvalue weighted by Crippen LogP contribution is 2.49. The molecule has 5 unspecified atom stereocenters. The van der Waals surface area contributed by atoms with Crippen molar-refractivity contribution in [3.8, 4) is 0 Å². The van der Waals surface area contributed by atoms with E-state index in [1.807, 2.05) is 6.08 Å². The lowest BCUT2D eigenvalue weighted by atomic mass is 9.85. The molecule has 1 saturated carbocycles. The number of allylic oxidation sites excluding steroid dienone is 9. The molecule has 0 heterocycles. The molecule has 10 atom stereocenters. The lowest BCUT2D eigenvalue weighted by Gasteiger charge is -2.43. The number of unbranched alkanes of at least 4 members (excludes halogenated alkanes) is 15. The van der Waals surface area contributed by atoms with Gasteiger partial charge in [0, 0.05) is 12.8 Å². The summed E-state index contributed by atoms with van der Waals surface area (Å²) in [6.45, 7) is 2.82. The summed E-state index contributed by atoms with van der Waals surface area (Å²) in [5.74, 6) is -1.45. The Balaban J connectivity index is 2.66. The van der Waals surface area contributed by atoms with Crippen LogP contribution in [0.2, 0.25) is 0 Å². The van der Waals surface area contributed by atoms with E-state index in [2.05, 4.69) is 48.8 Å². The van der Waals surface area contributed by atoms with Crippen LogP contribution >= 0.6 is 15.6 Å². The fourth-order valence-electron chi connectivity index (χ4n) is 7.37. The van der Waals surface area contributed by atoms with Gasteiger partial charge in [0.2, 0.25) is 0 Å². The molecule has 0 amide bonds. The third kappa shape index (κ3) is 35.2. The summed E-state index contributed by atoms with van der Waals surface area (Å²) in [4.78, 5) is 54.4. The second kappa shape index (κ2) is 40.7. The van der Waals surface area contributed by atoms with Gasteiger partial charge in [-0.2, -0.15) is 0 Å². The molecule has 0 aromatic rings. The van der Waals surface area contributed by atoms with Crippen molar-refractivity contribution in [3.05, 3.63) is 72.9 Å². The van der Waals surface area contributed by atoms with Gasteiger partial charge in [-0.25, -0.2) is 9.13 Å². The fourth-order valence-corrected chi connectivity index (χ4v) is 8.91. The first-order valence-corrected chi connectivity index (χ1v) is 28.7. The van der Waals surface area contributed by atoms with E-state index in [-0.39, 0.29) is 25.7 Å². The van der Waals surface area contributed by atoms with Crippen LogP contribution in [0, 0.1) is 0 Å². The van der Waals surface area contributed by atoms with Gasteiger partial charge in [0.15, 0.2) is 6.10 Å². The van der Waals surface area contributed by atoms with Gasteiger partial charge in [-0.1, -0.05) is 157 Å². The van der Waals surface area contributed by atoms with Crippen LogP contribution in [-0.2, 0) is 41.8 Å². The zero-order chi connectivity index (χ0) is 52.8. The number of carbonyl (C=O) groups is 2. The molecule has 410 valence electrons. The third-order valence-electron chi connectivity index (χ3n) is 11.4. The molecule has 1 aliphatic carbocycles. The van der Waals surface area contributed by atoms with Crippen LogP contribution in [0.1, 0.15) is 168 Å². The van der Waals surface area contributed by atoms with E-state index in [1.54, 1.807) is 30.4 Å². The number of aliphatic hydroxyl groups is 6. The van der Waals surface area contributed by atoms with Gasteiger partial charge in [-0.05, 0) is 70.6 Å². The van der Waals surface area contributed by atoms with Crippen molar-refractivity contribution in [3.63, 3.8) is 0 Å². The maximum absolute atomic E-state index is 13.0. The molecule has 1 rings (SSSR count). The van der Waals surface area contributed by atoms with E-state index in [1.165, 1.54) is 38.2 Å². The largest absolute Gasteiger partial charge is 0.472 e. The minimum atomic E-state index is -5.40. The van der Waals surface area contributed by atoms with Crippen molar-refractivity contribution in [2.45, 2.75) is 223 Å². The minimum Gasteiger partial charge on any atom is -0.462 e. The van der Waals surface area contributed by atoms with Crippen molar-refractivity contribution in [2.24, 2.45) is 0 Å². The number of phosphoric acid groups is 2. The topological polar surface area (TPSA) is 296 Å². The first-order chi connectivity index (χ1) is 33.9. The van der Waals surface area contributed by atoms with Gasteiger partial charge in [0.1, 0.15) is 43.2 Å². The molecule has 0 radical (unpaired) electrons. The highest BCUT2D eigenvalue weighted by molar-refractivity contribution is 7.47. The zero-order valence-electron chi connectivity index (χ0n) is 42.1. The highest BCUT2D eigenvalue weighted by Gasteiger charge is 2.54. The standard InChI is InChI=1S/C51H88O18P2/c1-3-5-7-9-11-12-13-14-15-16-17-18-19-20-21-22-23-25-31-37-45(55)67-43(40-66-71(63,64)69-51-48(58)46(56)47(57)50(49(51)59)68-70(60,61)62)39-65-44(54)38-32-36-42(53)35-30-27-26-29-34-41(52)33-28-24-10-8-6-4-2/h11-12,14-15,24,26-30,34-35,41-43,46-53,56-59H,3-10,13,16-23,25,31-33,36-40H2,1-2H3,(H,63,64)(H2,60,61,62)/b12-11-,15-14-,27-26+,28-24-,34-29+,35-30-/t41-,42-,43-,46?,47?,48?,49?,50-,51+/m1/s1. The van der Waals surface area contributed by atoms with E-state index < -0.39 is 95.7 Å². The third-order valence-corrected chi connectivity index (χ3v) is 12.9. The van der Waals surface area contributed by atoms with Gasteiger partial charge in [-0.15, -0.1) is 0 Å². The molecule has 1 aliphatic rings. The average Bonchev–Trinajstić information content (AvgIpc) is 3.32. The summed E-state index contributed by atoms with van der Waals surface area (Å²) in [5, 5.41) is 61.7. The summed E-state index contributed by atoms with van der Waals surface area (Å²) in [6.07, 6.45) is 27.4. The lowest BCUT2D eigenvalue weighted by Crippen LogP contribution is -2.64. The molecule has 0 aromatic carbocycles. The molecule has 0 saturated heterocycles. The molecule has 0 aromatic heterocycles. The van der Waals surface area contributed by atoms with Crippen LogP contribution in [-0.4, -0.2) is 125 Å². The van der Waals surface area contributed by atoms with Crippen molar-refractivity contribution < 1.29 is 87.1 Å². The lowest BCUT2D eigenvalue weighted by molar-refractivity contribution is -0.216. The van der Waals surface area contributed by atoms with Crippen molar-refractivity contribution >= 4 is 27.6 Å². The Morgan fingerprint density at radius 2 is 1.03 bits per heavy atom. The number of hydrogen-bond donors (Lipinski definition) is 9. The van der Waals surface area contributed by atoms with Crippen molar-refractivity contribution in [1.82, 2.24) is 0 Å². The van der Waals surface area contributed by atoms with Gasteiger partial charge >= 0.3 is 27.6 Å². The maximum atomic E-state index is 13.0. The first kappa shape index (κ1) is 66.4. The van der Waals surface area contributed by atoms with E-state index in [0.717, 1.165) is 83.5 Å². The number of esters is 2. The monoisotopic (exact) mass is 1050 g/mol. The van der Waals surface area contributed by atoms with E-state index >= 15 is 0 Å². The molecule has 0 spiro atoms. The Morgan fingerprint density at radius 1 is 0.535 bits per heavy atom. The predicted octanol–water partition coefficient (Wildman–Crippen LogP) is 8.34. The second-order valence-electron chi connectivity index (χ2n) is 17.9. The van der Waals surface area contributed by atoms with Gasteiger partial charge in [0.25, 0.3) is 0 Å². The molecule has 0 bridgehead atoms. The maximum Gasteiger partial charge on any atom is 0.472 e. The van der Waals surface area contributed by atoms with Crippen LogP contribution in [0.4, 0.5) is 0 Å². The second-order valence-corrected chi connectivity index (χ2v) is 20.5. The Bertz CT molecular complexity index is 1680. The minimum absolute atomic E-state index is 0.0166. The van der Waals surface area contributed by atoms with Crippen LogP contribution < -0.4 is 0 Å². The Hall–Kier alpha value is -2.64. The highest BCUT2D eigenvalue weighted by atomic mass is 31.2. The van der Waals surface area contributed by atoms with Crippen molar-refractivity contribution in [1.29, 1.82) is 0 Å². The summed E-state index contributed by atoms with van der Waals surface area (Å²) in [6, 6.07) is 0. The number of carbonyl (C=O) groups excluding carboxylic acids is 2. The molecule has 9 N–H and O–H groups in total. The SMILES string of the molecule is CCCCC/C=C\C/C=C\CCCCCCCCCCCC(=O)O[C@H](COC(=O)CCC[C@H](O)\C=C/C=C/C=C/[C@H](O)C/C=C\CCCCC)COP(=O)(O)O[C@H]1C(O)C(O)C(O)[C@@H](OP(=O)(O)O)C1O. The van der Waals surface area contributed by atoms with E-state index in [9.17, 15) is 64.0 Å². The molecule has 18 nitrogen and oxygen atoms in total. The summed E-state index contributed by atoms with van der Waals surface area (Å²) in [5.41, 5.74) is 0. The Morgan fingerprint density at radius 3 is 1.59 bits per heavy atom. The summed E-state index contributed by atoms with van der Waals surface area (Å²) in [7, 11) is -10.8. The normalized spacial score (nSPS) is 22.4. The number of phosphoric ester groups is 2. The molecule has 1 fully saturated rings. The zero-order valence-corrected chi connectivity index (χ0v) is 43.9. The quantitative estimate of drug-likeness (QED) is 0.00912. The molecular weight excluding hydrogens is 962 g/mol. The Labute approximate surface area is 422 Å². The molecule has 71 heavy (non-hydrogen) atoms. The first-order valence-electron chi connectivity index (χ1n) is 25.7. The number of rotatable bonds is 42. The van der Waals surface area contributed by atoms with E-state index in [0.29, 0.717) is 12.8 Å². The van der Waals surface area contributed by atoms with Crippen LogP contribution in [0.5, 0.6) is 0 Å². The van der Waals surface area contributed by atoms with Gasteiger partial charge in [0.05, 0.1) is 18.8 Å².